The van der Waals surface area contributed by atoms with Gasteiger partial charge < -0.3 is 10.0 Å². The Morgan fingerprint density at radius 2 is 1.79 bits per heavy atom. The van der Waals surface area contributed by atoms with Crippen molar-refractivity contribution >= 4 is 39.2 Å². The minimum absolute atomic E-state index is 0.170. The fraction of sp³-hybridized carbons (Fsp3) is 0.320. The smallest absolute Gasteiger partial charge is 0.418 e. The zero-order chi connectivity index (χ0) is 27.9. The Labute approximate surface area is 222 Å². The lowest BCUT2D eigenvalue weighted by Gasteiger charge is -2.37. The molecule has 4 rings (SSSR count). The van der Waals surface area contributed by atoms with Gasteiger partial charge in [0.25, 0.3) is 10.0 Å². The number of piperidine rings is 1. The van der Waals surface area contributed by atoms with Crippen LogP contribution in [0.15, 0.2) is 53.7 Å². The van der Waals surface area contributed by atoms with Gasteiger partial charge in [-0.3, -0.25) is 9.52 Å². The molecule has 0 amide bonds. The highest BCUT2D eigenvalue weighted by molar-refractivity contribution is 7.92. The summed E-state index contributed by atoms with van der Waals surface area (Å²) >= 11 is 6.02. The third-order valence-electron chi connectivity index (χ3n) is 6.67. The Kier molecular flexibility index (Phi) is 7.32. The number of nitrogens with zero attached hydrogens (tertiary/aromatic N) is 3. The van der Waals surface area contributed by atoms with Crippen LogP contribution in [0.25, 0.3) is 11.1 Å². The maximum atomic E-state index is 13.8. The van der Waals surface area contributed by atoms with Gasteiger partial charge >= 0.3 is 12.1 Å². The molecular formula is C25H24ClF3N4O4S. The average molecular weight is 569 g/mol. The topological polar surface area (TPSA) is 112 Å². The first-order valence-corrected chi connectivity index (χ1v) is 13.4. The summed E-state index contributed by atoms with van der Waals surface area (Å²) in [5, 5.41) is 9.66. The molecule has 1 aromatic carbocycles. The first kappa shape index (κ1) is 27.6. The molecule has 2 N–H and O–H groups in total. The lowest BCUT2D eigenvalue weighted by molar-refractivity contribution is -0.149. The molecule has 1 aliphatic rings. The van der Waals surface area contributed by atoms with Gasteiger partial charge in [-0.1, -0.05) is 17.7 Å². The van der Waals surface area contributed by atoms with Gasteiger partial charge in [-0.15, -0.1) is 0 Å². The van der Waals surface area contributed by atoms with Gasteiger partial charge in [-0.25, -0.2) is 18.4 Å². The number of rotatable bonds is 6. The van der Waals surface area contributed by atoms with Gasteiger partial charge in [0.2, 0.25) is 0 Å². The molecule has 2 aromatic heterocycles. The molecule has 13 heteroatoms. The van der Waals surface area contributed by atoms with E-state index in [1.807, 2.05) is 0 Å². The Morgan fingerprint density at radius 1 is 1.11 bits per heavy atom. The van der Waals surface area contributed by atoms with Crippen molar-refractivity contribution in [2.24, 2.45) is 5.41 Å². The minimum atomic E-state index is -4.74. The normalized spacial score (nSPS) is 15.8. The SMILES string of the molecule is Cc1ccc(Cl)cc1-c1cc(NS(=O)(=O)c2ccnc(N3CCC(C)(C(=O)O)CC3)c2)ncc1C(F)(F)F. The van der Waals surface area contributed by atoms with E-state index in [9.17, 15) is 31.5 Å². The number of nitrogens with one attached hydrogen (secondary N) is 1. The maximum absolute atomic E-state index is 13.8. The number of halogens is 4. The molecule has 0 radical (unpaired) electrons. The Balaban J connectivity index is 1.64. The summed E-state index contributed by atoms with van der Waals surface area (Å²) in [6, 6.07) is 8.10. The summed E-state index contributed by atoms with van der Waals surface area (Å²) < 4.78 is 69.9. The molecule has 38 heavy (non-hydrogen) atoms. The zero-order valence-corrected chi connectivity index (χ0v) is 22.0. The lowest BCUT2D eigenvalue weighted by Crippen LogP contribution is -2.43. The Bertz CT molecular complexity index is 1490. The molecule has 0 spiro atoms. The van der Waals surface area contributed by atoms with Crippen LogP contribution >= 0.6 is 11.6 Å². The van der Waals surface area contributed by atoms with E-state index in [2.05, 4.69) is 14.7 Å². The van der Waals surface area contributed by atoms with Gasteiger partial charge in [0.1, 0.15) is 11.6 Å². The zero-order valence-electron chi connectivity index (χ0n) is 20.4. The van der Waals surface area contributed by atoms with Crippen LogP contribution in [-0.2, 0) is 21.0 Å². The lowest BCUT2D eigenvalue weighted by atomic mass is 9.80. The monoisotopic (exact) mass is 568 g/mol. The molecule has 0 atom stereocenters. The summed E-state index contributed by atoms with van der Waals surface area (Å²) in [7, 11) is -4.26. The average Bonchev–Trinajstić information content (AvgIpc) is 2.85. The van der Waals surface area contributed by atoms with Crippen molar-refractivity contribution < 1.29 is 31.5 Å². The van der Waals surface area contributed by atoms with Crippen molar-refractivity contribution in [2.45, 2.75) is 37.8 Å². The van der Waals surface area contributed by atoms with Crippen LogP contribution in [0.1, 0.15) is 30.9 Å². The van der Waals surface area contributed by atoms with E-state index >= 15 is 0 Å². The van der Waals surface area contributed by atoms with Crippen LogP contribution in [0.3, 0.4) is 0 Å². The summed E-state index contributed by atoms with van der Waals surface area (Å²) in [4.78, 5) is 21.1. The summed E-state index contributed by atoms with van der Waals surface area (Å²) in [5.74, 6) is -0.848. The first-order chi connectivity index (χ1) is 17.7. The molecule has 202 valence electrons. The standard InChI is InChI=1S/C25H24ClF3N4O4S/c1-15-3-4-16(26)11-18(15)19-13-21(31-14-20(19)25(27,28)29)32-38(36,37)17-5-8-30-22(12-17)33-9-6-24(2,7-10-33)23(34)35/h3-5,8,11-14H,6-7,9-10H2,1-2H3,(H,31,32)(H,34,35). The van der Waals surface area contributed by atoms with Gasteiger partial charge in [0.15, 0.2) is 0 Å². The van der Waals surface area contributed by atoms with E-state index in [0.717, 1.165) is 6.07 Å². The molecule has 3 aromatic rings. The minimum Gasteiger partial charge on any atom is -0.481 e. The number of aryl methyl sites for hydroxylation is 1. The number of aromatic nitrogens is 2. The molecule has 3 heterocycles. The molecule has 1 fully saturated rings. The van der Waals surface area contributed by atoms with Crippen molar-refractivity contribution in [3.63, 3.8) is 0 Å². The van der Waals surface area contributed by atoms with Gasteiger partial charge in [0, 0.05) is 36.6 Å². The Hall–Kier alpha value is -3.38. The second-order valence-electron chi connectivity index (χ2n) is 9.38. The van der Waals surface area contributed by atoms with Gasteiger partial charge in [-0.2, -0.15) is 13.2 Å². The largest absolute Gasteiger partial charge is 0.481 e. The fourth-order valence-corrected chi connectivity index (χ4v) is 5.40. The van der Waals surface area contributed by atoms with Crippen LogP contribution < -0.4 is 9.62 Å². The molecule has 0 unspecified atom stereocenters. The number of carboxylic acid groups (broad SMARTS) is 1. The van der Waals surface area contributed by atoms with Crippen molar-refractivity contribution in [1.29, 1.82) is 0 Å². The molecule has 0 bridgehead atoms. The van der Waals surface area contributed by atoms with Crippen LogP contribution in [-0.4, -0.2) is 42.6 Å². The van der Waals surface area contributed by atoms with Crippen molar-refractivity contribution in [2.75, 3.05) is 22.7 Å². The number of hydrogen-bond acceptors (Lipinski definition) is 6. The van der Waals surface area contributed by atoms with Crippen molar-refractivity contribution in [3.8, 4) is 11.1 Å². The highest BCUT2D eigenvalue weighted by Gasteiger charge is 2.38. The molecule has 0 aliphatic carbocycles. The van der Waals surface area contributed by atoms with E-state index in [-0.39, 0.29) is 26.9 Å². The van der Waals surface area contributed by atoms with Crippen LogP contribution in [0.4, 0.5) is 24.8 Å². The highest BCUT2D eigenvalue weighted by Crippen LogP contribution is 2.40. The summed E-state index contributed by atoms with van der Waals surface area (Å²) in [5.41, 5.74) is -1.46. The van der Waals surface area contributed by atoms with E-state index in [1.54, 1.807) is 30.9 Å². The summed E-state index contributed by atoms with van der Waals surface area (Å²) in [6.45, 7) is 4.03. The first-order valence-electron chi connectivity index (χ1n) is 11.5. The second kappa shape index (κ2) is 10.1. The number of carboxylic acids is 1. The number of anilines is 2. The highest BCUT2D eigenvalue weighted by atomic mass is 35.5. The van der Waals surface area contributed by atoms with E-state index in [1.165, 1.54) is 24.4 Å². The second-order valence-corrected chi connectivity index (χ2v) is 11.5. The number of aliphatic carboxylic acids is 1. The third-order valence-corrected chi connectivity index (χ3v) is 8.26. The van der Waals surface area contributed by atoms with Crippen LogP contribution in [0, 0.1) is 12.3 Å². The van der Waals surface area contributed by atoms with E-state index in [4.69, 9.17) is 11.6 Å². The van der Waals surface area contributed by atoms with E-state index in [0.29, 0.717) is 43.5 Å². The predicted octanol–water partition coefficient (Wildman–Crippen LogP) is 5.62. The molecular weight excluding hydrogens is 545 g/mol. The third kappa shape index (κ3) is 5.70. The quantitative estimate of drug-likeness (QED) is 0.397. The molecule has 1 saturated heterocycles. The molecule has 8 nitrogen and oxygen atoms in total. The molecule has 0 saturated carbocycles. The number of hydrogen-bond donors (Lipinski definition) is 2. The number of benzene rings is 1. The van der Waals surface area contributed by atoms with Crippen molar-refractivity contribution in [3.05, 3.63) is 64.9 Å². The predicted molar refractivity (Wildman–Crippen MR) is 137 cm³/mol. The number of alkyl halides is 3. The Morgan fingerprint density at radius 3 is 2.42 bits per heavy atom. The summed E-state index contributed by atoms with van der Waals surface area (Å²) in [6.07, 6.45) is -2.13. The van der Waals surface area contributed by atoms with Gasteiger partial charge in [-0.05, 0) is 67.6 Å². The van der Waals surface area contributed by atoms with E-state index < -0.39 is 33.1 Å². The van der Waals surface area contributed by atoms with Gasteiger partial charge in [0.05, 0.1) is 15.9 Å². The van der Waals surface area contributed by atoms with Crippen molar-refractivity contribution in [1.82, 2.24) is 9.97 Å². The number of carbonyl (C=O) groups is 1. The molecule has 1 aliphatic heterocycles. The van der Waals surface area contributed by atoms with Crippen LogP contribution in [0.5, 0.6) is 0 Å². The number of pyridine rings is 2. The fourth-order valence-electron chi connectivity index (χ4n) is 4.22. The van der Waals surface area contributed by atoms with Crippen LogP contribution in [0.2, 0.25) is 5.02 Å². The number of sulfonamides is 1. The maximum Gasteiger partial charge on any atom is 0.418 e.